The van der Waals surface area contributed by atoms with E-state index in [0.29, 0.717) is 0 Å². The zero-order valence-corrected chi connectivity index (χ0v) is 11.1. The maximum Gasteiger partial charge on any atom is 0.134 e. The first kappa shape index (κ1) is 12.6. The van der Waals surface area contributed by atoms with Gasteiger partial charge in [-0.05, 0) is 37.0 Å². The van der Waals surface area contributed by atoms with Crippen molar-refractivity contribution in [1.82, 2.24) is 0 Å². The van der Waals surface area contributed by atoms with Crippen molar-refractivity contribution in [3.8, 4) is 5.75 Å². The summed E-state index contributed by atoms with van der Waals surface area (Å²) < 4.78 is 5.36. The summed E-state index contributed by atoms with van der Waals surface area (Å²) in [5.74, 6) is 0.898. The van der Waals surface area contributed by atoms with E-state index in [1.165, 1.54) is 0 Å². The zero-order chi connectivity index (χ0) is 13.2. The molecular formula is C16H18O2. The number of rotatable bonds is 3. The van der Waals surface area contributed by atoms with Gasteiger partial charge in [0, 0.05) is 0 Å². The number of hydrogen-bond acceptors (Lipinski definition) is 2. The number of ether oxygens (including phenoxy) is 1. The second kappa shape index (κ2) is 4.81. The number of benzene rings is 1. The standard InChI is InChI=1S/C16H18O2/c1-12-9-14(10-13(2)15(12)18-3)16(11-17)7-5-4-6-8-16/h4-7,9-11H,8H2,1-3H3. The largest absolute Gasteiger partial charge is 0.496 e. The molecule has 2 nitrogen and oxygen atoms in total. The number of methoxy groups -OCH3 is 1. The van der Waals surface area contributed by atoms with Gasteiger partial charge in [-0.2, -0.15) is 0 Å². The van der Waals surface area contributed by atoms with E-state index in [2.05, 4.69) is 0 Å². The first-order valence-electron chi connectivity index (χ1n) is 6.09. The summed E-state index contributed by atoms with van der Waals surface area (Å²) in [6.45, 7) is 4.02. The van der Waals surface area contributed by atoms with Gasteiger partial charge in [0.25, 0.3) is 0 Å². The fourth-order valence-electron chi connectivity index (χ4n) is 2.55. The summed E-state index contributed by atoms with van der Waals surface area (Å²) in [4.78, 5) is 11.5. The fourth-order valence-corrected chi connectivity index (χ4v) is 2.55. The highest BCUT2D eigenvalue weighted by Crippen LogP contribution is 2.35. The molecule has 0 saturated heterocycles. The highest BCUT2D eigenvalue weighted by molar-refractivity contribution is 5.74. The molecule has 0 spiro atoms. The van der Waals surface area contributed by atoms with Gasteiger partial charge in [-0.3, -0.25) is 0 Å². The lowest BCUT2D eigenvalue weighted by Gasteiger charge is -2.27. The summed E-state index contributed by atoms with van der Waals surface area (Å²) in [6.07, 6.45) is 9.67. The molecule has 0 amide bonds. The van der Waals surface area contributed by atoms with Crippen molar-refractivity contribution in [2.75, 3.05) is 7.11 Å². The van der Waals surface area contributed by atoms with Crippen LogP contribution in [0, 0.1) is 13.8 Å². The Bertz CT molecular complexity index is 503. The molecule has 0 saturated carbocycles. The maximum atomic E-state index is 11.5. The Balaban J connectivity index is 2.54. The molecule has 2 rings (SSSR count). The van der Waals surface area contributed by atoms with E-state index < -0.39 is 5.41 Å². The molecule has 1 atom stereocenters. The van der Waals surface area contributed by atoms with Crippen molar-refractivity contribution in [2.45, 2.75) is 25.7 Å². The van der Waals surface area contributed by atoms with E-state index >= 15 is 0 Å². The Morgan fingerprint density at radius 3 is 2.33 bits per heavy atom. The topological polar surface area (TPSA) is 26.3 Å². The second-order valence-electron chi connectivity index (χ2n) is 4.79. The van der Waals surface area contributed by atoms with Gasteiger partial charge in [0.05, 0.1) is 12.5 Å². The van der Waals surface area contributed by atoms with Gasteiger partial charge in [-0.1, -0.05) is 36.4 Å². The average molecular weight is 242 g/mol. The number of allylic oxidation sites excluding steroid dienone is 4. The van der Waals surface area contributed by atoms with Gasteiger partial charge in [0.2, 0.25) is 0 Å². The van der Waals surface area contributed by atoms with Crippen LogP contribution in [-0.4, -0.2) is 13.4 Å². The van der Waals surface area contributed by atoms with E-state index in [1.807, 2.05) is 50.3 Å². The third-order valence-corrected chi connectivity index (χ3v) is 3.51. The highest BCUT2D eigenvalue weighted by atomic mass is 16.5. The first-order valence-corrected chi connectivity index (χ1v) is 6.09. The molecule has 0 bridgehead atoms. The van der Waals surface area contributed by atoms with E-state index in [1.54, 1.807) is 7.11 Å². The molecule has 2 heteroatoms. The predicted molar refractivity (Wildman–Crippen MR) is 73.1 cm³/mol. The van der Waals surface area contributed by atoms with Crippen molar-refractivity contribution < 1.29 is 9.53 Å². The third-order valence-electron chi connectivity index (χ3n) is 3.51. The maximum absolute atomic E-state index is 11.5. The van der Waals surface area contributed by atoms with Crippen LogP contribution in [0.15, 0.2) is 36.4 Å². The van der Waals surface area contributed by atoms with Crippen molar-refractivity contribution in [2.24, 2.45) is 0 Å². The predicted octanol–water partition coefficient (Wildman–Crippen LogP) is 3.26. The van der Waals surface area contributed by atoms with Crippen LogP contribution in [0.5, 0.6) is 5.75 Å². The van der Waals surface area contributed by atoms with Gasteiger partial charge in [0.15, 0.2) is 0 Å². The van der Waals surface area contributed by atoms with Gasteiger partial charge < -0.3 is 9.53 Å². The SMILES string of the molecule is COc1c(C)cc(C2(C=O)C=CC=CC2)cc1C. The van der Waals surface area contributed by atoms with Crippen LogP contribution >= 0.6 is 0 Å². The number of aryl methyl sites for hydroxylation is 2. The molecule has 0 N–H and O–H groups in total. The Morgan fingerprint density at radius 1 is 1.22 bits per heavy atom. The fraction of sp³-hybridized carbons (Fsp3) is 0.312. The molecule has 0 radical (unpaired) electrons. The van der Waals surface area contributed by atoms with Crippen LogP contribution in [0.3, 0.4) is 0 Å². The van der Waals surface area contributed by atoms with Crippen LogP contribution in [0.25, 0.3) is 0 Å². The smallest absolute Gasteiger partial charge is 0.134 e. The summed E-state index contributed by atoms with van der Waals surface area (Å²) >= 11 is 0. The van der Waals surface area contributed by atoms with Crippen molar-refractivity contribution in [3.05, 3.63) is 53.1 Å². The lowest BCUT2D eigenvalue weighted by molar-refractivity contribution is -0.111. The molecule has 1 unspecified atom stereocenters. The van der Waals surface area contributed by atoms with Crippen LogP contribution in [0.1, 0.15) is 23.1 Å². The van der Waals surface area contributed by atoms with Crippen LogP contribution in [0.4, 0.5) is 0 Å². The molecule has 0 heterocycles. The highest BCUT2D eigenvalue weighted by Gasteiger charge is 2.29. The second-order valence-corrected chi connectivity index (χ2v) is 4.79. The minimum absolute atomic E-state index is 0.517. The third kappa shape index (κ3) is 1.99. The monoisotopic (exact) mass is 242 g/mol. The van der Waals surface area contributed by atoms with E-state index in [0.717, 1.165) is 35.1 Å². The summed E-state index contributed by atoms with van der Waals surface area (Å²) in [6, 6.07) is 4.09. The number of hydrogen-bond donors (Lipinski definition) is 0. The lowest BCUT2D eigenvalue weighted by Crippen LogP contribution is -2.26. The molecule has 0 aromatic heterocycles. The Hall–Kier alpha value is -1.83. The molecule has 1 aliphatic rings. The van der Waals surface area contributed by atoms with Crippen molar-refractivity contribution in [3.63, 3.8) is 0 Å². The lowest BCUT2D eigenvalue weighted by atomic mass is 9.76. The van der Waals surface area contributed by atoms with Gasteiger partial charge in [-0.15, -0.1) is 0 Å². The molecular weight excluding hydrogens is 224 g/mol. The van der Waals surface area contributed by atoms with Crippen molar-refractivity contribution >= 4 is 6.29 Å². The van der Waals surface area contributed by atoms with Crippen LogP contribution in [-0.2, 0) is 10.2 Å². The quantitative estimate of drug-likeness (QED) is 0.760. The summed E-state index contributed by atoms with van der Waals surface area (Å²) in [5.41, 5.74) is 2.65. The number of carbonyl (C=O) groups excluding carboxylic acids is 1. The molecule has 0 aliphatic heterocycles. The average Bonchev–Trinajstić information content (AvgIpc) is 2.39. The minimum atomic E-state index is -0.517. The number of carbonyl (C=O) groups is 1. The molecule has 1 aliphatic carbocycles. The molecule has 94 valence electrons. The van der Waals surface area contributed by atoms with Gasteiger partial charge >= 0.3 is 0 Å². The Kier molecular flexibility index (Phi) is 3.37. The zero-order valence-electron chi connectivity index (χ0n) is 11.1. The van der Waals surface area contributed by atoms with E-state index in [4.69, 9.17) is 4.74 Å². The normalized spacial score (nSPS) is 21.9. The van der Waals surface area contributed by atoms with E-state index in [-0.39, 0.29) is 0 Å². The van der Waals surface area contributed by atoms with Gasteiger partial charge in [-0.25, -0.2) is 0 Å². The van der Waals surface area contributed by atoms with Gasteiger partial charge in [0.1, 0.15) is 12.0 Å². The van der Waals surface area contributed by atoms with Crippen LogP contribution < -0.4 is 4.74 Å². The summed E-state index contributed by atoms with van der Waals surface area (Å²) in [5, 5.41) is 0. The number of aldehydes is 1. The molecule has 18 heavy (non-hydrogen) atoms. The Labute approximate surface area is 108 Å². The first-order chi connectivity index (χ1) is 8.63. The Morgan fingerprint density at radius 2 is 1.89 bits per heavy atom. The molecule has 1 aromatic carbocycles. The molecule has 0 fully saturated rings. The summed E-state index contributed by atoms with van der Waals surface area (Å²) in [7, 11) is 1.67. The minimum Gasteiger partial charge on any atom is -0.496 e. The van der Waals surface area contributed by atoms with E-state index in [9.17, 15) is 4.79 Å². The molecule has 1 aromatic rings. The van der Waals surface area contributed by atoms with Crippen LogP contribution in [0.2, 0.25) is 0 Å². The van der Waals surface area contributed by atoms with Crippen molar-refractivity contribution in [1.29, 1.82) is 0 Å².